The number of nitrogens with one attached hydrogen (secondary N) is 1. The minimum absolute atomic E-state index is 0.0276. The first-order valence-electron chi connectivity index (χ1n) is 6.17. The van der Waals surface area contributed by atoms with Gasteiger partial charge in [0.1, 0.15) is 4.92 Å². The van der Waals surface area contributed by atoms with Crippen molar-refractivity contribution in [2.75, 3.05) is 20.1 Å². The summed E-state index contributed by atoms with van der Waals surface area (Å²) in [4.78, 5) is 23.7. The van der Waals surface area contributed by atoms with Gasteiger partial charge in [0, 0.05) is 18.6 Å². The van der Waals surface area contributed by atoms with Gasteiger partial charge < -0.3 is 14.6 Å². The third-order valence-electron chi connectivity index (χ3n) is 3.74. The van der Waals surface area contributed by atoms with E-state index >= 15 is 0 Å². The van der Waals surface area contributed by atoms with Crippen LogP contribution < -0.4 is 5.32 Å². The third-order valence-corrected chi connectivity index (χ3v) is 3.74. The number of hydrogen-bond donors (Lipinski definition) is 1. The van der Waals surface area contributed by atoms with Crippen molar-refractivity contribution in [3.8, 4) is 0 Å². The Labute approximate surface area is 110 Å². The van der Waals surface area contributed by atoms with Gasteiger partial charge in [-0.2, -0.15) is 0 Å². The summed E-state index contributed by atoms with van der Waals surface area (Å²) in [6, 6.07) is 2.56. The van der Waals surface area contributed by atoms with Crippen LogP contribution in [0, 0.1) is 10.1 Å². The Kier molecular flexibility index (Phi) is 3.57. The molecule has 0 unspecified atom stereocenters. The van der Waals surface area contributed by atoms with Crippen molar-refractivity contribution >= 4 is 11.8 Å². The molecule has 19 heavy (non-hydrogen) atoms. The summed E-state index contributed by atoms with van der Waals surface area (Å²) < 4.78 is 4.93. The Morgan fingerprint density at radius 3 is 2.58 bits per heavy atom. The molecule has 2 rings (SSSR count). The van der Waals surface area contributed by atoms with Crippen LogP contribution >= 0.6 is 0 Å². The second kappa shape index (κ2) is 5.00. The fourth-order valence-electron chi connectivity index (χ4n) is 2.15. The zero-order valence-electron chi connectivity index (χ0n) is 11.0. The largest absolute Gasteiger partial charge is 0.433 e. The monoisotopic (exact) mass is 267 g/mol. The van der Waals surface area contributed by atoms with Crippen molar-refractivity contribution in [1.82, 2.24) is 10.2 Å². The number of piperidine rings is 1. The van der Waals surface area contributed by atoms with Gasteiger partial charge in [0.05, 0.1) is 6.07 Å². The lowest BCUT2D eigenvalue weighted by molar-refractivity contribution is -0.402. The van der Waals surface area contributed by atoms with Crippen LogP contribution in [0.1, 0.15) is 30.3 Å². The Bertz CT molecular complexity index is 489. The molecule has 7 nitrogen and oxygen atoms in total. The SMILES string of the molecule is CNC1(C)CCN(C(=O)c2ccc([N+](=O)[O-])o2)CC1. The Hall–Kier alpha value is -1.89. The average molecular weight is 267 g/mol. The molecule has 0 spiro atoms. The molecule has 0 aliphatic carbocycles. The molecule has 0 atom stereocenters. The first-order valence-corrected chi connectivity index (χ1v) is 6.17. The first kappa shape index (κ1) is 13.5. The molecule has 0 saturated carbocycles. The van der Waals surface area contributed by atoms with Gasteiger partial charge in [-0.05, 0) is 32.9 Å². The number of hydrogen-bond acceptors (Lipinski definition) is 5. The molecular formula is C12H17N3O4. The number of rotatable bonds is 3. The van der Waals surface area contributed by atoms with Gasteiger partial charge in [0.2, 0.25) is 0 Å². The number of nitro groups is 1. The van der Waals surface area contributed by atoms with Gasteiger partial charge in [-0.15, -0.1) is 0 Å². The standard InChI is InChI=1S/C12H17N3O4/c1-12(13-2)5-7-14(8-6-12)11(16)9-3-4-10(19-9)15(17)18/h3-4,13H,5-8H2,1-2H3. The first-order chi connectivity index (χ1) is 8.95. The fourth-order valence-corrected chi connectivity index (χ4v) is 2.15. The molecule has 0 radical (unpaired) electrons. The lowest BCUT2D eigenvalue weighted by Crippen LogP contribution is -2.51. The number of likely N-dealkylation sites (tertiary alicyclic amines) is 1. The van der Waals surface area contributed by atoms with E-state index in [-0.39, 0.29) is 17.2 Å². The molecule has 104 valence electrons. The van der Waals surface area contributed by atoms with Crippen molar-refractivity contribution in [2.24, 2.45) is 0 Å². The van der Waals surface area contributed by atoms with E-state index in [4.69, 9.17) is 4.42 Å². The maximum absolute atomic E-state index is 12.1. The van der Waals surface area contributed by atoms with Gasteiger partial charge in [-0.25, -0.2) is 0 Å². The second-order valence-electron chi connectivity index (χ2n) is 5.00. The molecule has 2 heterocycles. The van der Waals surface area contributed by atoms with Crippen molar-refractivity contribution in [3.63, 3.8) is 0 Å². The predicted molar refractivity (Wildman–Crippen MR) is 68.0 cm³/mol. The molecule has 1 fully saturated rings. The minimum Gasteiger partial charge on any atom is -0.395 e. The molecule has 1 N–H and O–H groups in total. The summed E-state index contributed by atoms with van der Waals surface area (Å²) in [7, 11) is 1.91. The van der Waals surface area contributed by atoms with Crippen molar-refractivity contribution in [3.05, 3.63) is 28.0 Å². The van der Waals surface area contributed by atoms with E-state index in [0.717, 1.165) is 12.8 Å². The number of carbonyl (C=O) groups excluding carboxylic acids is 1. The highest BCUT2D eigenvalue weighted by Crippen LogP contribution is 2.24. The Morgan fingerprint density at radius 2 is 2.11 bits per heavy atom. The summed E-state index contributed by atoms with van der Waals surface area (Å²) in [6.45, 7) is 3.35. The van der Waals surface area contributed by atoms with E-state index in [9.17, 15) is 14.9 Å². The van der Waals surface area contributed by atoms with E-state index in [1.807, 2.05) is 7.05 Å². The van der Waals surface area contributed by atoms with Gasteiger partial charge >= 0.3 is 5.88 Å². The van der Waals surface area contributed by atoms with Gasteiger partial charge in [0.25, 0.3) is 5.91 Å². The van der Waals surface area contributed by atoms with Crippen molar-refractivity contribution < 1.29 is 14.1 Å². The van der Waals surface area contributed by atoms with Crippen molar-refractivity contribution in [1.29, 1.82) is 0 Å². The Morgan fingerprint density at radius 1 is 1.47 bits per heavy atom. The van der Waals surface area contributed by atoms with E-state index in [1.165, 1.54) is 12.1 Å². The minimum atomic E-state index is -0.648. The van der Waals surface area contributed by atoms with E-state index in [2.05, 4.69) is 12.2 Å². The maximum atomic E-state index is 12.1. The van der Waals surface area contributed by atoms with Crippen LogP contribution in [0.3, 0.4) is 0 Å². The smallest absolute Gasteiger partial charge is 0.395 e. The third kappa shape index (κ3) is 2.76. The van der Waals surface area contributed by atoms with Crippen LogP contribution in [0.25, 0.3) is 0 Å². The van der Waals surface area contributed by atoms with E-state index in [1.54, 1.807) is 4.90 Å². The Balaban J connectivity index is 2.03. The van der Waals surface area contributed by atoms with Crippen LogP contribution in [-0.2, 0) is 0 Å². The van der Waals surface area contributed by atoms with Crippen LogP contribution in [0.5, 0.6) is 0 Å². The summed E-state index contributed by atoms with van der Waals surface area (Å²) in [5, 5.41) is 13.8. The lowest BCUT2D eigenvalue weighted by atomic mass is 9.90. The predicted octanol–water partition coefficient (Wildman–Crippen LogP) is 1.40. The van der Waals surface area contributed by atoms with E-state index < -0.39 is 10.8 Å². The second-order valence-corrected chi connectivity index (χ2v) is 5.00. The summed E-state index contributed by atoms with van der Waals surface area (Å²) in [6.07, 6.45) is 1.69. The molecule has 1 amide bonds. The van der Waals surface area contributed by atoms with Gasteiger partial charge in [-0.1, -0.05) is 0 Å². The molecule has 1 saturated heterocycles. The van der Waals surface area contributed by atoms with Crippen molar-refractivity contribution in [2.45, 2.75) is 25.3 Å². The average Bonchev–Trinajstić information content (AvgIpc) is 2.88. The van der Waals surface area contributed by atoms with Crippen LogP contribution in [0.2, 0.25) is 0 Å². The van der Waals surface area contributed by atoms with E-state index in [0.29, 0.717) is 13.1 Å². The zero-order chi connectivity index (χ0) is 14.0. The summed E-state index contributed by atoms with van der Waals surface area (Å²) >= 11 is 0. The molecule has 1 aliphatic heterocycles. The topological polar surface area (TPSA) is 88.6 Å². The number of furan rings is 1. The maximum Gasteiger partial charge on any atom is 0.433 e. The fraction of sp³-hybridized carbons (Fsp3) is 0.583. The quantitative estimate of drug-likeness (QED) is 0.660. The summed E-state index contributed by atoms with van der Waals surface area (Å²) in [5.41, 5.74) is 0.0476. The zero-order valence-corrected chi connectivity index (χ0v) is 11.0. The number of nitrogens with zero attached hydrogens (tertiary/aromatic N) is 2. The highest BCUT2D eigenvalue weighted by molar-refractivity contribution is 5.91. The highest BCUT2D eigenvalue weighted by Gasteiger charge is 2.32. The van der Waals surface area contributed by atoms with Gasteiger partial charge in [0.15, 0.2) is 5.76 Å². The molecule has 1 aromatic rings. The normalized spacial score (nSPS) is 18.3. The molecule has 0 aromatic carbocycles. The highest BCUT2D eigenvalue weighted by atomic mass is 16.6. The molecular weight excluding hydrogens is 250 g/mol. The molecule has 0 bridgehead atoms. The lowest BCUT2D eigenvalue weighted by Gasteiger charge is -2.38. The van der Waals surface area contributed by atoms with Crippen LogP contribution in [0.15, 0.2) is 16.5 Å². The number of carbonyl (C=O) groups is 1. The van der Waals surface area contributed by atoms with Crippen LogP contribution in [0.4, 0.5) is 5.88 Å². The number of amides is 1. The van der Waals surface area contributed by atoms with Crippen LogP contribution in [-0.4, -0.2) is 41.4 Å². The van der Waals surface area contributed by atoms with Gasteiger partial charge in [-0.3, -0.25) is 14.9 Å². The molecule has 1 aromatic heterocycles. The summed E-state index contributed by atoms with van der Waals surface area (Å²) in [5.74, 6) is -0.661. The molecule has 7 heteroatoms. The molecule has 1 aliphatic rings.